The van der Waals surface area contributed by atoms with Crippen LogP contribution >= 0.6 is 0 Å². The third kappa shape index (κ3) is 4.43. The van der Waals surface area contributed by atoms with Crippen molar-refractivity contribution in [1.29, 1.82) is 0 Å². The normalized spacial score (nSPS) is 11.7. The van der Waals surface area contributed by atoms with Crippen LogP contribution in [0, 0.1) is 0 Å². The molecule has 0 amide bonds. The fraction of sp³-hybridized carbons (Fsp3) is 0.176. The number of carboxylic acid groups (broad SMARTS) is 1. The summed E-state index contributed by atoms with van der Waals surface area (Å²) in [5, 5.41) is 17.9. The van der Waals surface area contributed by atoms with Gasteiger partial charge in [0, 0.05) is 11.1 Å². The molecule has 0 heterocycles. The second kappa shape index (κ2) is 7.38. The Morgan fingerprint density at radius 2 is 1.55 bits per heavy atom. The summed E-state index contributed by atoms with van der Waals surface area (Å²) in [7, 11) is 0. The Morgan fingerprint density at radius 3 is 2.14 bits per heavy atom. The Labute approximate surface area is 127 Å². The van der Waals surface area contributed by atoms with Crippen molar-refractivity contribution in [3.05, 3.63) is 65.7 Å². The fourth-order valence-corrected chi connectivity index (χ4v) is 1.91. The largest absolute Gasteiger partial charge is 0.491 e. The highest BCUT2D eigenvalue weighted by Crippen LogP contribution is 2.16. The standard InChI is InChI=1S/C17H16O5/c18-14(10-16(19)20)11-22-15-8-6-13(7-9-15)17(21)12-4-2-1-3-5-12/h1-9,14,18H,10-11H2,(H,19,20)/t14-/m0/s1. The van der Waals surface area contributed by atoms with Crippen molar-refractivity contribution in [2.75, 3.05) is 6.61 Å². The van der Waals surface area contributed by atoms with Crippen LogP contribution in [0.3, 0.4) is 0 Å². The lowest BCUT2D eigenvalue weighted by molar-refractivity contribution is -0.139. The van der Waals surface area contributed by atoms with Crippen LogP contribution in [0.2, 0.25) is 0 Å². The van der Waals surface area contributed by atoms with E-state index in [1.165, 1.54) is 0 Å². The van der Waals surface area contributed by atoms with Gasteiger partial charge in [-0.25, -0.2) is 0 Å². The van der Waals surface area contributed by atoms with Gasteiger partial charge in [-0.1, -0.05) is 30.3 Å². The number of ketones is 1. The van der Waals surface area contributed by atoms with E-state index < -0.39 is 12.1 Å². The number of carboxylic acids is 1. The van der Waals surface area contributed by atoms with E-state index in [-0.39, 0.29) is 18.8 Å². The van der Waals surface area contributed by atoms with Gasteiger partial charge in [-0.15, -0.1) is 0 Å². The Kier molecular flexibility index (Phi) is 5.27. The minimum absolute atomic E-state index is 0.0851. The smallest absolute Gasteiger partial charge is 0.306 e. The molecule has 0 unspecified atom stereocenters. The molecule has 0 aliphatic heterocycles. The highest BCUT2D eigenvalue weighted by atomic mass is 16.5. The molecular weight excluding hydrogens is 284 g/mol. The molecule has 22 heavy (non-hydrogen) atoms. The number of rotatable bonds is 7. The van der Waals surface area contributed by atoms with Gasteiger partial charge in [-0.05, 0) is 24.3 Å². The van der Waals surface area contributed by atoms with Gasteiger partial charge in [-0.3, -0.25) is 9.59 Å². The Morgan fingerprint density at radius 1 is 0.955 bits per heavy atom. The van der Waals surface area contributed by atoms with Crippen molar-refractivity contribution < 1.29 is 24.5 Å². The first kappa shape index (κ1) is 15.7. The number of hydrogen-bond donors (Lipinski definition) is 2. The van der Waals surface area contributed by atoms with Crippen LogP contribution in [0.4, 0.5) is 0 Å². The molecule has 0 saturated carbocycles. The number of hydrogen-bond acceptors (Lipinski definition) is 4. The number of aliphatic hydroxyl groups is 1. The summed E-state index contributed by atoms with van der Waals surface area (Å²) in [5.41, 5.74) is 1.14. The summed E-state index contributed by atoms with van der Waals surface area (Å²) in [5.74, 6) is -0.702. The Hall–Kier alpha value is -2.66. The van der Waals surface area contributed by atoms with Gasteiger partial charge < -0.3 is 14.9 Å². The van der Waals surface area contributed by atoms with Crippen molar-refractivity contribution >= 4 is 11.8 Å². The predicted molar refractivity (Wildman–Crippen MR) is 80.1 cm³/mol. The van der Waals surface area contributed by atoms with Gasteiger partial charge in [-0.2, -0.15) is 0 Å². The summed E-state index contributed by atoms with van der Waals surface area (Å²) in [6, 6.07) is 15.4. The van der Waals surface area contributed by atoms with Gasteiger partial charge in [0.15, 0.2) is 5.78 Å². The molecule has 1 atom stereocenters. The van der Waals surface area contributed by atoms with E-state index in [1.807, 2.05) is 6.07 Å². The van der Waals surface area contributed by atoms with Crippen molar-refractivity contribution in [2.45, 2.75) is 12.5 Å². The molecule has 0 radical (unpaired) electrons. The van der Waals surface area contributed by atoms with Crippen LogP contribution in [-0.4, -0.2) is 34.7 Å². The summed E-state index contributed by atoms with van der Waals surface area (Å²) in [4.78, 5) is 22.6. The molecule has 2 rings (SSSR count). The zero-order chi connectivity index (χ0) is 15.9. The van der Waals surface area contributed by atoms with Crippen LogP contribution in [-0.2, 0) is 4.79 Å². The van der Waals surface area contributed by atoms with Gasteiger partial charge in [0.1, 0.15) is 12.4 Å². The summed E-state index contributed by atoms with van der Waals surface area (Å²) in [6.07, 6.45) is -1.44. The quantitative estimate of drug-likeness (QED) is 0.765. The molecule has 2 aromatic rings. The molecule has 5 nitrogen and oxygen atoms in total. The summed E-state index contributed by atoms with van der Waals surface area (Å²) in [6.45, 7) is -0.113. The second-order valence-corrected chi connectivity index (χ2v) is 4.78. The first-order valence-corrected chi connectivity index (χ1v) is 6.78. The Balaban J connectivity index is 1.96. The van der Waals surface area contributed by atoms with Gasteiger partial charge in [0.25, 0.3) is 0 Å². The number of aliphatic hydroxyl groups excluding tert-OH is 1. The minimum Gasteiger partial charge on any atom is -0.491 e. The minimum atomic E-state index is -1.08. The zero-order valence-electron chi connectivity index (χ0n) is 11.8. The molecule has 0 bridgehead atoms. The van der Waals surface area contributed by atoms with Crippen molar-refractivity contribution in [1.82, 2.24) is 0 Å². The van der Waals surface area contributed by atoms with Crippen molar-refractivity contribution in [3.8, 4) is 5.75 Å². The molecule has 0 aliphatic rings. The van der Waals surface area contributed by atoms with E-state index in [4.69, 9.17) is 9.84 Å². The van der Waals surface area contributed by atoms with Gasteiger partial charge in [0.05, 0.1) is 12.5 Å². The topological polar surface area (TPSA) is 83.8 Å². The third-order valence-electron chi connectivity index (χ3n) is 3.01. The number of ether oxygens (including phenoxy) is 1. The number of carbonyl (C=O) groups is 2. The second-order valence-electron chi connectivity index (χ2n) is 4.78. The van der Waals surface area contributed by atoms with E-state index in [1.54, 1.807) is 48.5 Å². The number of carbonyl (C=O) groups excluding carboxylic acids is 1. The first-order chi connectivity index (χ1) is 10.6. The lowest BCUT2D eigenvalue weighted by atomic mass is 10.0. The maximum absolute atomic E-state index is 12.2. The van der Waals surface area contributed by atoms with E-state index in [9.17, 15) is 14.7 Å². The number of aliphatic carboxylic acids is 1. The van der Waals surface area contributed by atoms with E-state index in [0.29, 0.717) is 16.9 Å². The van der Waals surface area contributed by atoms with Crippen LogP contribution in [0.5, 0.6) is 5.75 Å². The maximum Gasteiger partial charge on any atom is 0.306 e. The number of benzene rings is 2. The van der Waals surface area contributed by atoms with Crippen LogP contribution < -0.4 is 4.74 Å². The Bertz CT molecular complexity index is 634. The summed E-state index contributed by atoms with van der Waals surface area (Å²) >= 11 is 0. The van der Waals surface area contributed by atoms with Crippen molar-refractivity contribution in [2.24, 2.45) is 0 Å². The summed E-state index contributed by atoms with van der Waals surface area (Å²) < 4.78 is 5.28. The van der Waals surface area contributed by atoms with Crippen LogP contribution in [0.1, 0.15) is 22.3 Å². The maximum atomic E-state index is 12.2. The monoisotopic (exact) mass is 300 g/mol. The van der Waals surface area contributed by atoms with E-state index in [0.717, 1.165) is 0 Å². The first-order valence-electron chi connectivity index (χ1n) is 6.78. The van der Waals surface area contributed by atoms with Crippen LogP contribution in [0.15, 0.2) is 54.6 Å². The van der Waals surface area contributed by atoms with E-state index in [2.05, 4.69) is 0 Å². The highest BCUT2D eigenvalue weighted by molar-refractivity contribution is 6.08. The molecule has 0 spiro atoms. The lowest BCUT2D eigenvalue weighted by Crippen LogP contribution is -2.21. The SMILES string of the molecule is O=C(O)C[C@H](O)COc1ccc(C(=O)c2ccccc2)cc1. The molecule has 0 saturated heterocycles. The predicted octanol–water partition coefficient (Wildman–Crippen LogP) is 2.13. The molecule has 2 N–H and O–H groups in total. The molecule has 114 valence electrons. The molecule has 0 aliphatic carbocycles. The molecule has 5 heteroatoms. The van der Waals surface area contributed by atoms with E-state index >= 15 is 0 Å². The van der Waals surface area contributed by atoms with Crippen molar-refractivity contribution in [3.63, 3.8) is 0 Å². The third-order valence-corrected chi connectivity index (χ3v) is 3.01. The molecule has 0 aromatic heterocycles. The van der Waals surface area contributed by atoms with Crippen LogP contribution in [0.25, 0.3) is 0 Å². The average Bonchev–Trinajstić information content (AvgIpc) is 2.53. The van der Waals surface area contributed by atoms with Gasteiger partial charge in [0.2, 0.25) is 0 Å². The molecular formula is C17H16O5. The highest BCUT2D eigenvalue weighted by Gasteiger charge is 2.11. The zero-order valence-corrected chi connectivity index (χ0v) is 11.8. The molecule has 0 fully saturated rings. The van der Waals surface area contributed by atoms with Gasteiger partial charge >= 0.3 is 5.97 Å². The molecule has 2 aromatic carbocycles. The fourth-order valence-electron chi connectivity index (χ4n) is 1.91. The average molecular weight is 300 g/mol. The lowest BCUT2D eigenvalue weighted by Gasteiger charge is -2.10.